The van der Waals surface area contributed by atoms with Crippen LogP contribution in [0.5, 0.6) is 0 Å². The molecule has 3 nitrogen and oxygen atoms in total. The van der Waals surface area contributed by atoms with E-state index in [4.69, 9.17) is 0 Å². The first-order chi connectivity index (χ1) is 11.9. The lowest BCUT2D eigenvalue weighted by atomic mass is 10.2. The van der Waals surface area contributed by atoms with Crippen molar-refractivity contribution in [3.8, 4) is 0 Å². The number of alkyl halides is 6. The summed E-state index contributed by atoms with van der Waals surface area (Å²) in [5.41, 5.74) is -0.848. The lowest BCUT2D eigenvalue weighted by Gasteiger charge is -2.22. The average Bonchev–Trinajstić information content (AvgIpc) is 2.96. The summed E-state index contributed by atoms with van der Waals surface area (Å²) in [5.74, 6) is -4.12. The molecule has 2 rings (SSSR count). The topological polar surface area (TPSA) is 32.7 Å². The maximum atomic E-state index is 14.1. The smallest absolute Gasteiger partial charge is 0.352 e. The Labute approximate surface area is 147 Å². The summed E-state index contributed by atoms with van der Waals surface area (Å²) in [4.78, 5) is 3.87. The maximum absolute atomic E-state index is 14.1. The number of rotatable bonds is 3. The van der Waals surface area contributed by atoms with Gasteiger partial charge in [-0.05, 0) is 37.5 Å². The molecule has 1 aromatic carbocycles. The van der Waals surface area contributed by atoms with Gasteiger partial charge in [-0.15, -0.1) is 0 Å². The fourth-order valence-corrected chi connectivity index (χ4v) is 3.67. The molecule has 1 aromatic rings. The van der Waals surface area contributed by atoms with Gasteiger partial charge >= 0.3 is 12.4 Å². The molecule has 26 heavy (non-hydrogen) atoms. The highest BCUT2D eigenvalue weighted by Crippen LogP contribution is 2.31. The molecule has 0 aliphatic carbocycles. The Bertz CT molecular complexity index is 722. The molecular formula is C15H15F7N2OS. The second-order valence-corrected chi connectivity index (χ2v) is 7.22. The summed E-state index contributed by atoms with van der Waals surface area (Å²) in [7, 11) is -2.58. The first kappa shape index (κ1) is 20.7. The first-order valence-corrected chi connectivity index (χ1v) is 8.86. The van der Waals surface area contributed by atoms with E-state index in [-0.39, 0.29) is 18.7 Å². The summed E-state index contributed by atoms with van der Waals surface area (Å²) in [6.07, 6.45) is -8.55. The van der Waals surface area contributed by atoms with Gasteiger partial charge in [-0.25, -0.2) is 9.38 Å². The monoisotopic (exact) mass is 404 g/mol. The second-order valence-electron chi connectivity index (χ2n) is 5.80. The van der Waals surface area contributed by atoms with Crippen LogP contribution in [0.25, 0.3) is 0 Å². The van der Waals surface area contributed by atoms with Gasteiger partial charge in [-0.2, -0.15) is 26.3 Å². The molecule has 0 aromatic heterocycles. The molecule has 1 unspecified atom stereocenters. The number of aryl methyl sites for hydroxylation is 1. The van der Waals surface area contributed by atoms with Gasteiger partial charge in [0.2, 0.25) is 5.84 Å². The van der Waals surface area contributed by atoms with Crippen molar-refractivity contribution in [1.29, 1.82) is 0 Å². The Kier molecular flexibility index (Phi) is 5.99. The first-order valence-electron chi connectivity index (χ1n) is 7.54. The molecular weight excluding hydrogens is 389 g/mol. The van der Waals surface area contributed by atoms with Crippen LogP contribution in [-0.2, 0) is 10.8 Å². The Morgan fingerprint density at radius 2 is 1.73 bits per heavy atom. The number of halogens is 7. The summed E-state index contributed by atoms with van der Waals surface area (Å²) in [6, 6.07) is 1.43. The van der Waals surface area contributed by atoms with E-state index in [1.54, 1.807) is 0 Å². The molecule has 1 fully saturated rings. The van der Waals surface area contributed by atoms with Gasteiger partial charge in [0, 0.05) is 18.0 Å². The summed E-state index contributed by atoms with van der Waals surface area (Å²) >= 11 is 0. The van der Waals surface area contributed by atoms with Crippen LogP contribution < -0.4 is 0 Å². The zero-order valence-electron chi connectivity index (χ0n) is 13.5. The van der Waals surface area contributed by atoms with Gasteiger partial charge in [-0.3, -0.25) is 4.21 Å². The minimum atomic E-state index is -4.85. The van der Waals surface area contributed by atoms with Crippen LogP contribution in [0.15, 0.2) is 22.0 Å². The van der Waals surface area contributed by atoms with Crippen molar-refractivity contribution in [3.05, 3.63) is 23.5 Å². The SMILES string of the molecule is Cc1cc(F)c(N=C(N2CCCC2)C(F)(F)F)cc1S(=O)CC(F)(F)F. The van der Waals surface area contributed by atoms with Gasteiger partial charge in [0.25, 0.3) is 0 Å². The fraction of sp³-hybridized carbons (Fsp3) is 0.533. The zero-order valence-corrected chi connectivity index (χ0v) is 14.4. The zero-order chi connectivity index (χ0) is 19.7. The van der Waals surface area contributed by atoms with E-state index in [0.717, 1.165) is 11.0 Å². The third-order valence-electron chi connectivity index (χ3n) is 3.67. The van der Waals surface area contributed by atoms with Crippen molar-refractivity contribution in [1.82, 2.24) is 4.90 Å². The van der Waals surface area contributed by atoms with Gasteiger partial charge in [0.05, 0.1) is 10.8 Å². The van der Waals surface area contributed by atoms with Gasteiger partial charge in [-0.1, -0.05) is 0 Å². The Hall–Kier alpha value is -1.65. The van der Waals surface area contributed by atoms with E-state index in [1.165, 1.54) is 6.92 Å². The number of aliphatic imine (C=N–C) groups is 1. The lowest BCUT2D eigenvalue weighted by molar-refractivity contribution is -0.105. The third kappa shape index (κ3) is 5.18. The number of amidine groups is 1. The third-order valence-corrected chi connectivity index (χ3v) is 5.19. The quantitative estimate of drug-likeness (QED) is 0.423. The molecule has 0 amide bonds. The minimum absolute atomic E-state index is 0.0567. The molecule has 1 aliphatic heterocycles. The lowest BCUT2D eigenvalue weighted by Crippen LogP contribution is -2.39. The average molecular weight is 404 g/mol. The molecule has 1 atom stereocenters. The van der Waals surface area contributed by atoms with E-state index in [2.05, 4.69) is 4.99 Å². The number of likely N-dealkylation sites (tertiary alicyclic amines) is 1. The summed E-state index contributed by atoms with van der Waals surface area (Å²) < 4.78 is 103. The summed E-state index contributed by atoms with van der Waals surface area (Å²) in [5, 5.41) is 0. The van der Waals surface area contributed by atoms with E-state index >= 15 is 0 Å². The van der Waals surface area contributed by atoms with Gasteiger partial charge in [0.1, 0.15) is 17.3 Å². The number of hydrogen-bond donors (Lipinski definition) is 0. The van der Waals surface area contributed by atoms with Gasteiger partial charge < -0.3 is 4.90 Å². The molecule has 1 heterocycles. The van der Waals surface area contributed by atoms with Gasteiger partial charge in [0.15, 0.2) is 0 Å². The molecule has 0 saturated carbocycles. The highest BCUT2D eigenvalue weighted by molar-refractivity contribution is 7.85. The normalized spacial score (nSPS) is 17.7. The molecule has 1 saturated heterocycles. The Morgan fingerprint density at radius 3 is 2.23 bits per heavy atom. The van der Waals surface area contributed by atoms with Crippen LogP contribution in [-0.4, -0.2) is 46.1 Å². The Morgan fingerprint density at radius 1 is 1.15 bits per heavy atom. The van der Waals surface area contributed by atoms with E-state index in [9.17, 15) is 34.9 Å². The van der Waals surface area contributed by atoms with Crippen LogP contribution in [0.2, 0.25) is 0 Å². The van der Waals surface area contributed by atoms with Crippen molar-refractivity contribution < 1.29 is 34.9 Å². The van der Waals surface area contributed by atoms with E-state index < -0.39 is 51.1 Å². The van der Waals surface area contributed by atoms with E-state index in [1.807, 2.05) is 0 Å². The molecule has 11 heteroatoms. The van der Waals surface area contributed by atoms with E-state index in [0.29, 0.717) is 18.9 Å². The fourth-order valence-electron chi connectivity index (χ4n) is 2.56. The second kappa shape index (κ2) is 7.53. The highest BCUT2D eigenvalue weighted by Gasteiger charge is 2.41. The highest BCUT2D eigenvalue weighted by atomic mass is 32.2. The van der Waals surface area contributed by atoms with Crippen molar-refractivity contribution in [2.24, 2.45) is 4.99 Å². The number of hydrogen-bond acceptors (Lipinski definition) is 2. The van der Waals surface area contributed by atoms with Crippen molar-refractivity contribution in [2.75, 3.05) is 18.8 Å². The molecule has 0 bridgehead atoms. The molecule has 0 radical (unpaired) electrons. The van der Waals surface area contributed by atoms with Crippen molar-refractivity contribution >= 4 is 22.3 Å². The minimum Gasteiger partial charge on any atom is -0.352 e. The maximum Gasteiger partial charge on any atom is 0.449 e. The van der Waals surface area contributed by atoms with Crippen LogP contribution >= 0.6 is 0 Å². The molecule has 0 spiro atoms. The van der Waals surface area contributed by atoms with Crippen molar-refractivity contribution in [2.45, 2.75) is 37.0 Å². The molecule has 0 N–H and O–H groups in total. The van der Waals surface area contributed by atoms with Crippen molar-refractivity contribution in [3.63, 3.8) is 0 Å². The van der Waals surface area contributed by atoms with Crippen LogP contribution in [0.1, 0.15) is 18.4 Å². The van der Waals surface area contributed by atoms with Crippen LogP contribution in [0.4, 0.5) is 36.4 Å². The predicted octanol–water partition coefficient (Wildman–Crippen LogP) is 4.49. The number of benzene rings is 1. The van der Waals surface area contributed by atoms with Crippen LogP contribution in [0.3, 0.4) is 0 Å². The molecule has 1 aliphatic rings. The molecule has 146 valence electrons. The largest absolute Gasteiger partial charge is 0.449 e. The van der Waals surface area contributed by atoms with Crippen LogP contribution in [0, 0.1) is 12.7 Å². The Balaban J connectivity index is 2.47. The predicted molar refractivity (Wildman–Crippen MR) is 82.4 cm³/mol. The summed E-state index contributed by atoms with van der Waals surface area (Å²) in [6.45, 7) is 1.42. The number of nitrogens with zero attached hydrogens (tertiary/aromatic N) is 2. The standard InChI is InChI=1S/C15H15F7N2OS/c1-9-6-10(16)11(7-12(9)26(25)8-14(17,18)19)23-13(15(20,21)22)24-4-2-3-5-24/h6-7H,2-5,8H2,1H3.